The van der Waals surface area contributed by atoms with Gasteiger partial charge in [-0.15, -0.1) is 0 Å². The van der Waals surface area contributed by atoms with E-state index in [-0.39, 0.29) is 0 Å². The van der Waals surface area contributed by atoms with E-state index in [0.717, 1.165) is 21.9 Å². The maximum Gasteiger partial charge on any atom is 0.136 e. The van der Waals surface area contributed by atoms with E-state index < -0.39 is 0 Å². The van der Waals surface area contributed by atoms with Gasteiger partial charge in [0.15, 0.2) is 0 Å². The van der Waals surface area contributed by atoms with E-state index in [1.54, 1.807) is 0 Å². The number of para-hydroxylation sites is 1. The van der Waals surface area contributed by atoms with Gasteiger partial charge < -0.3 is 4.42 Å². The van der Waals surface area contributed by atoms with Crippen LogP contribution in [0.25, 0.3) is 98.8 Å². The Kier molecular flexibility index (Phi) is 6.25. The molecule has 0 unspecified atom stereocenters. The van der Waals surface area contributed by atoms with Crippen molar-refractivity contribution in [2.24, 2.45) is 0 Å². The van der Waals surface area contributed by atoms with Gasteiger partial charge in [0.1, 0.15) is 11.2 Å². The highest BCUT2D eigenvalue weighted by Gasteiger charge is 2.19. The standard InChI is InChI=1S/C48H30O/c1-2-16-35-31(13-1)14-11-23-37(35)47-41-20-7-5-18-39(41)46(40-19-6-8-21-42(40)47)33-29-27-32(28-30-33)34-15-3-4-17-36(34)38-24-12-26-45-48(38)43-22-9-10-25-44(43)49-45/h1-30H. The topological polar surface area (TPSA) is 13.1 Å². The second-order valence-electron chi connectivity index (χ2n) is 12.8. The van der Waals surface area contributed by atoms with Crippen molar-refractivity contribution in [3.63, 3.8) is 0 Å². The molecule has 1 nitrogen and oxygen atoms in total. The van der Waals surface area contributed by atoms with Crippen LogP contribution in [0.1, 0.15) is 0 Å². The van der Waals surface area contributed by atoms with Gasteiger partial charge in [0.05, 0.1) is 0 Å². The minimum absolute atomic E-state index is 0.912. The Hall–Kier alpha value is -6.44. The summed E-state index contributed by atoms with van der Waals surface area (Å²) in [6.07, 6.45) is 0. The lowest BCUT2D eigenvalue weighted by molar-refractivity contribution is 0.669. The Balaban J connectivity index is 1.16. The summed E-state index contributed by atoms with van der Waals surface area (Å²) in [5, 5.41) is 9.88. The summed E-state index contributed by atoms with van der Waals surface area (Å²) >= 11 is 0. The normalized spacial score (nSPS) is 11.7. The highest BCUT2D eigenvalue weighted by atomic mass is 16.3. The molecule has 0 aliphatic carbocycles. The van der Waals surface area contributed by atoms with Crippen molar-refractivity contribution in [1.82, 2.24) is 0 Å². The molecule has 9 aromatic carbocycles. The fourth-order valence-electron chi connectivity index (χ4n) is 7.96. The number of benzene rings is 9. The van der Waals surface area contributed by atoms with Gasteiger partial charge in [-0.25, -0.2) is 0 Å². The summed E-state index contributed by atoms with van der Waals surface area (Å²) in [5.41, 5.74) is 11.6. The summed E-state index contributed by atoms with van der Waals surface area (Å²) in [4.78, 5) is 0. The van der Waals surface area contributed by atoms with Crippen LogP contribution in [0.4, 0.5) is 0 Å². The van der Waals surface area contributed by atoms with Crippen molar-refractivity contribution in [1.29, 1.82) is 0 Å². The molecule has 0 amide bonds. The van der Waals surface area contributed by atoms with Crippen LogP contribution in [-0.4, -0.2) is 0 Å². The Morgan fingerprint density at radius 3 is 1.47 bits per heavy atom. The third-order valence-electron chi connectivity index (χ3n) is 10.1. The van der Waals surface area contributed by atoms with Crippen LogP contribution in [0.5, 0.6) is 0 Å². The zero-order valence-electron chi connectivity index (χ0n) is 26.7. The van der Waals surface area contributed by atoms with Gasteiger partial charge in [0.25, 0.3) is 0 Å². The van der Waals surface area contributed by atoms with Crippen molar-refractivity contribution in [3.8, 4) is 44.5 Å². The number of furan rings is 1. The van der Waals surface area contributed by atoms with Crippen molar-refractivity contribution in [3.05, 3.63) is 182 Å². The lowest BCUT2D eigenvalue weighted by Crippen LogP contribution is -1.92. The van der Waals surface area contributed by atoms with E-state index in [4.69, 9.17) is 4.42 Å². The predicted octanol–water partition coefficient (Wildman–Crippen LogP) is 13.7. The van der Waals surface area contributed by atoms with Crippen LogP contribution in [0.15, 0.2) is 186 Å². The van der Waals surface area contributed by atoms with E-state index in [1.165, 1.54) is 76.8 Å². The van der Waals surface area contributed by atoms with Gasteiger partial charge in [0, 0.05) is 10.8 Å². The van der Waals surface area contributed by atoms with Gasteiger partial charge in [-0.2, -0.15) is 0 Å². The van der Waals surface area contributed by atoms with Gasteiger partial charge in [-0.05, 0) is 89.0 Å². The molecule has 228 valence electrons. The first-order valence-electron chi connectivity index (χ1n) is 16.9. The highest BCUT2D eigenvalue weighted by molar-refractivity contribution is 6.23. The molecule has 0 radical (unpaired) electrons. The predicted molar refractivity (Wildman–Crippen MR) is 208 cm³/mol. The molecule has 1 aromatic heterocycles. The largest absolute Gasteiger partial charge is 0.456 e. The van der Waals surface area contributed by atoms with E-state index >= 15 is 0 Å². The molecule has 0 saturated carbocycles. The van der Waals surface area contributed by atoms with Crippen LogP contribution in [-0.2, 0) is 0 Å². The SMILES string of the molecule is c1ccc(-c2cccc3oc4ccccc4c23)c(-c2ccc(-c3c4ccccc4c(-c4cccc5ccccc45)c4ccccc34)cc2)c1. The number of fused-ring (bicyclic) bond motifs is 6. The van der Waals surface area contributed by atoms with Gasteiger partial charge in [-0.1, -0.05) is 170 Å². The second kappa shape index (κ2) is 11.1. The molecule has 0 saturated heterocycles. The molecule has 10 rings (SSSR count). The van der Waals surface area contributed by atoms with Crippen molar-refractivity contribution in [2.75, 3.05) is 0 Å². The van der Waals surface area contributed by atoms with Gasteiger partial charge in [0.2, 0.25) is 0 Å². The molecule has 1 heterocycles. The zero-order chi connectivity index (χ0) is 32.3. The number of rotatable bonds is 4. The second-order valence-corrected chi connectivity index (χ2v) is 12.8. The number of hydrogen-bond acceptors (Lipinski definition) is 1. The lowest BCUT2D eigenvalue weighted by Gasteiger charge is -2.19. The Morgan fingerprint density at radius 2 is 0.735 bits per heavy atom. The molecule has 0 fully saturated rings. The van der Waals surface area contributed by atoms with Gasteiger partial charge >= 0.3 is 0 Å². The average Bonchev–Trinajstić information content (AvgIpc) is 3.56. The van der Waals surface area contributed by atoms with Crippen molar-refractivity contribution in [2.45, 2.75) is 0 Å². The molecule has 0 aliphatic heterocycles. The molecular weight excluding hydrogens is 593 g/mol. The quantitative estimate of drug-likeness (QED) is 0.178. The molecular formula is C48H30O. The molecule has 0 spiro atoms. The zero-order valence-corrected chi connectivity index (χ0v) is 26.7. The molecule has 1 heteroatoms. The van der Waals surface area contributed by atoms with Crippen LogP contribution in [0.2, 0.25) is 0 Å². The number of hydrogen-bond donors (Lipinski definition) is 0. The molecule has 0 N–H and O–H groups in total. The fraction of sp³-hybridized carbons (Fsp3) is 0. The molecule has 0 aliphatic rings. The first-order chi connectivity index (χ1) is 24.3. The summed E-state index contributed by atoms with van der Waals surface area (Å²) in [5.74, 6) is 0. The summed E-state index contributed by atoms with van der Waals surface area (Å²) in [7, 11) is 0. The fourth-order valence-corrected chi connectivity index (χ4v) is 7.96. The minimum Gasteiger partial charge on any atom is -0.456 e. The van der Waals surface area contributed by atoms with Crippen LogP contribution in [0, 0.1) is 0 Å². The van der Waals surface area contributed by atoms with Crippen molar-refractivity contribution < 1.29 is 4.42 Å². The highest BCUT2D eigenvalue weighted by Crippen LogP contribution is 2.46. The maximum absolute atomic E-state index is 6.25. The Bertz CT molecular complexity index is 2810. The third-order valence-corrected chi connectivity index (χ3v) is 10.1. The van der Waals surface area contributed by atoms with E-state index in [9.17, 15) is 0 Å². The van der Waals surface area contributed by atoms with E-state index in [2.05, 4.69) is 170 Å². The monoisotopic (exact) mass is 622 g/mol. The van der Waals surface area contributed by atoms with E-state index in [0.29, 0.717) is 0 Å². The minimum atomic E-state index is 0.912. The average molecular weight is 623 g/mol. The maximum atomic E-state index is 6.25. The van der Waals surface area contributed by atoms with E-state index in [1.807, 2.05) is 12.1 Å². The molecule has 49 heavy (non-hydrogen) atoms. The van der Waals surface area contributed by atoms with Crippen molar-refractivity contribution >= 4 is 54.3 Å². The lowest BCUT2D eigenvalue weighted by atomic mass is 9.84. The van der Waals surface area contributed by atoms with Crippen LogP contribution >= 0.6 is 0 Å². The first kappa shape index (κ1) is 27.7. The third kappa shape index (κ3) is 4.33. The molecule has 10 aromatic rings. The Labute approximate surface area is 284 Å². The smallest absolute Gasteiger partial charge is 0.136 e. The summed E-state index contributed by atoms with van der Waals surface area (Å²) in [6, 6.07) is 65.7. The summed E-state index contributed by atoms with van der Waals surface area (Å²) in [6.45, 7) is 0. The first-order valence-corrected chi connectivity index (χ1v) is 16.9. The Morgan fingerprint density at radius 1 is 0.265 bits per heavy atom. The molecule has 0 bridgehead atoms. The van der Waals surface area contributed by atoms with Crippen LogP contribution < -0.4 is 0 Å². The molecule has 0 atom stereocenters. The summed E-state index contributed by atoms with van der Waals surface area (Å²) < 4.78 is 6.25. The van der Waals surface area contributed by atoms with Crippen LogP contribution in [0.3, 0.4) is 0 Å². The van der Waals surface area contributed by atoms with Gasteiger partial charge in [-0.3, -0.25) is 0 Å².